The lowest BCUT2D eigenvalue weighted by Gasteiger charge is -2.30. The molecule has 0 unspecified atom stereocenters. The summed E-state index contributed by atoms with van der Waals surface area (Å²) < 4.78 is 0. The van der Waals surface area contributed by atoms with E-state index in [9.17, 15) is 14.4 Å². The van der Waals surface area contributed by atoms with Crippen molar-refractivity contribution in [1.82, 2.24) is 10.0 Å². The predicted molar refractivity (Wildman–Crippen MR) is 173 cm³/mol. The minimum atomic E-state index is -1.00. The van der Waals surface area contributed by atoms with Crippen molar-refractivity contribution >= 4 is 58.4 Å². The second-order valence-corrected chi connectivity index (χ2v) is 12.8. The van der Waals surface area contributed by atoms with Gasteiger partial charge in [0.1, 0.15) is 6.54 Å². The van der Waals surface area contributed by atoms with Gasteiger partial charge in [-0.3, -0.25) is 19.4 Å². The van der Waals surface area contributed by atoms with Crippen molar-refractivity contribution in [2.24, 2.45) is 21.4 Å². The third-order valence-corrected chi connectivity index (χ3v) is 9.50. The average Bonchev–Trinajstić information content (AvgIpc) is 3.69. The van der Waals surface area contributed by atoms with Gasteiger partial charge in [0.2, 0.25) is 0 Å². The van der Waals surface area contributed by atoms with E-state index in [2.05, 4.69) is 16.4 Å². The number of halogens is 2. The molecule has 2 fully saturated rings. The molecule has 9 nitrogen and oxygen atoms in total. The Hall–Kier alpha value is -4.34. The Kier molecular flexibility index (Phi) is 7.54. The Labute approximate surface area is 270 Å². The van der Waals surface area contributed by atoms with E-state index in [0.29, 0.717) is 15.7 Å². The number of hydrogen-bond donors (Lipinski definition) is 0. The summed E-state index contributed by atoms with van der Waals surface area (Å²) in [5.74, 6) is -1.24. The van der Waals surface area contributed by atoms with Gasteiger partial charge in [0.15, 0.2) is 12.1 Å². The summed E-state index contributed by atoms with van der Waals surface area (Å²) >= 11 is 12.3. The third-order valence-electron chi connectivity index (χ3n) is 9.00. The molecule has 4 aliphatic rings. The average molecular weight is 642 g/mol. The molecule has 1 saturated heterocycles. The molecular formula is C34H30Cl2N6O3. The number of benzene rings is 3. The predicted octanol–water partition coefficient (Wildman–Crippen LogP) is 6.73. The second-order valence-electron chi connectivity index (χ2n) is 11.9. The SMILES string of the molecule is Cc1cccc(C)c1N1C(=O)[C@@H]2[C@@H](N=NN2CC(=O)N2N=C3/C(=C/c4ccc(Cl)cc4)CCC[C@H]3[C@H]2c2ccc(Cl)cc2)C1=O. The fraction of sp³-hybridized carbons (Fsp3) is 0.294. The minimum Gasteiger partial charge on any atom is -0.271 e. The van der Waals surface area contributed by atoms with E-state index in [4.69, 9.17) is 28.3 Å². The normalized spacial score (nSPS) is 24.8. The number of nitrogens with zero attached hydrogens (tertiary/aromatic N) is 6. The molecule has 3 heterocycles. The molecule has 3 aromatic rings. The number of amides is 3. The van der Waals surface area contributed by atoms with Gasteiger partial charge in [0.25, 0.3) is 17.7 Å². The molecule has 4 atom stereocenters. The standard InChI is InChI=1S/C34H30Cl2N6O3/c1-19-5-3-6-20(2)30(19)41-33(44)29-32(34(41)45)40(39-37-29)18-27(43)42-31(22-11-15-25(36)16-12-22)26-8-4-7-23(28(26)38-42)17-21-9-13-24(35)14-10-21/h3,5-6,9-17,26,29,31-32H,4,7-8,18H2,1-2H3/b23-17+/t26-,29-,31-,32+/m1/s1. The van der Waals surface area contributed by atoms with Gasteiger partial charge in [-0.2, -0.15) is 10.2 Å². The molecule has 1 saturated carbocycles. The van der Waals surface area contributed by atoms with Gasteiger partial charge in [-0.05, 0) is 91.3 Å². The first-order chi connectivity index (χ1) is 21.7. The number of imide groups is 1. The van der Waals surface area contributed by atoms with E-state index in [1.165, 1.54) is 14.9 Å². The largest absolute Gasteiger partial charge is 0.271 e. The summed E-state index contributed by atoms with van der Waals surface area (Å²) in [6.45, 7) is 3.46. The van der Waals surface area contributed by atoms with Gasteiger partial charge in [-0.15, -0.1) is 0 Å². The van der Waals surface area contributed by atoms with Crippen LogP contribution in [0.5, 0.6) is 0 Å². The van der Waals surface area contributed by atoms with Gasteiger partial charge in [-0.1, -0.05) is 70.9 Å². The summed E-state index contributed by atoms with van der Waals surface area (Å²) in [5, 5.41) is 17.4. The summed E-state index contributed by atoms with van der Waals surface area (Å²) in [5.41, 5.74) is 6.04. The van der Waals surface area contributed by atoms with Crippen molar-refractivity contribution in [3.8, 4) is 0 Å². The van der Waals surface area contributed by atoms with Gasteiger partial charge in [-0.25, -0.2) is 9.91 Å². The maximum atomic E-state index is 14.1. The summed E-state index contributed by atoms with van der Waals surface area (Å²) in [6.07, 6.45) is 4.75. The Morgan fingerprint density at radius 1 is 0.911 bits per heavy atom. The zero-order chi connectivity index (χ0) is 31.4. The summed E-state index contributed by atoms with van der Waals surface area (Å²) in [7, 11) is 0. The number of para-hydroxylation sites is 1. The first kappa shape index (κ1) is 29.4. The van der Waals surface area contributed by atoms with Crippen LogP contribution in [0.15, 0.2) is 87.7 Å². The molecule has 0 aromatic heterocycles. The lowest BCUT2D eigenvalue weighted by molar-refractivity contribution is -0.136. The van der Waals surface area contributed by atoms with Crippen molar-refractivity contribution in [1.29, 1.82) is 0 Å². The first-order valence-electron chi connectivity index (χ1n) is 15.0. The minimum absolute atomic E-state index is 0.0235. The quantitative estimate of drug-likeness (QED) is 0.289. The topological polar surface area (TPSA) is 98.0 Å². The number of anilines is 1. The first-order valence-corrected chi connectivity index (χ1v) is 15.7. The molecule has 3 aliphatic heterocycles. The fourth-order valence-electron chi connectivity index (χ4n) is 6.90. The Balaban J connectivity index is 1.19. The number of hydrazone groups is 1. The highest BCUT2D eigenvalue weighted by Crippen LogP contribution is 2.45. The maximum absolute atomic E-state index is 14.1. The molecule has 0 spiro atoms. The molecular weight excluding hydrogens is 611 g/mol. The number of hydrogen-bond acceptors (Lipinski definition) is 7. The number of carbonyl (C=O) groups excluding carboxylic acids is 3. The van der Waals surface area contributed by atoms with Gasteiger partial charge >= 0.3 is 0 Å². The number of allylic oxidation sites excluding steroid dienone is 1. The third kappa shape index (κ3) is 5.14. The highest BCUT2D eigenvalue weighted by atomic mass is 35.5. The van der Waals surface area contributed by atoms with Crippen LogP contribution in [-0.2, 0) is 14.4 Å². The zero-order valence-electron chi connectivity index (χ0n) is 24.7. The highest BCUT2D eigenvalue weighted by Gasteiger charge is 2.56. The van der Waals surface area contributed by atoms with Gasteiger partial charge < -0.3 is 0 Å². The van der Waals surface area contributed by atoms with Crippen LogP contribution in [0.2, 0.25) is 10.0 Å². The van der Waals surface area contributed by atoms with Crippen molar-refractivity contribution in [2.45, 2.75) is 51.2 Å². The van der Waals surface area contributed by atoms with Crippen LogP contribution >= 0.6 is 23.2 Å². The second kappa shape index (κ2) is 11.5. The lowest BCUT2D eigenvalue weighted by atomic mass is 9.77. The lowest BCUT2D eigenvalue weighted by Crippen LogP contribution is -2.45. The van der Waals surface area contributed by atoms with Crippen LogP contribution in [-0.4, -0.2) is 52.1 Å². The molecule has 0 bridgehead atoms. The van der Waals surface area contributed by atoms with Crippen LogP contribution in [0.3, 0.4) is 0 Å². The molecule has 1 aliphatic carbocycles. The van der Waals surface area contributed by atoms with Gasteiger partial charge in [0.05, 0.1) is 17.4 Å². The molecule has 45 heavy (non-hydrogen) atoms. The van der Waals surface area contributed by atoms with Crippen LogP contribution in [0.1, 0.15) is 47.6 Å². The molecule has 0 radical (unpaired) electrons. The fourth-order valence-corrected chi connectivity index (χ4v) is 7.16. The molecule has 11 heteroatoms. The van der Waals surface area contributed by atoms with E-state index < -0.39 is 23.9 Å². The van der Waals surface area contributed by atoms with E-state index in [0.717, 1.165) is 52.8 Å². The number of carbonyl (C=O) groups is 3. The molecule has 7 rings (SSSR count). The molecule has 3 amide bonds. The van der Waals surface area contributed by atoms with Crippen LogP contribution in [0.4, 0.5) is 5.69 Å². The van der Waals surface area contributed by atoms with Crippen molar-refractivity contribution in [2.75, 3.05) is 11.4 Å². The van der Waals surface area contributed by atoms with E-state index in [-0.39, 0.29) is 24.4 Å². The smallest absolute Gasteiger partial charge is 0.264 e. The summed E-state index contributed by atoms with van der Waals surface area (Å²) in [4.78, 5) is 42.5. The van der Waals surface area contributed by atoms with E-state index in [1.807, 2.05) is 80.6 Å². The monoisotopic (exact) mass is 640 g/mol. The Morgan fingerprint density at radius 3 is 2.27 bits per heavy atom. The zero-order valence-corrected chi connectivity index (χ0v) is 26.2. The Morgan fingerprint density at radius 2 is 1.58 bits per heavy atom. The van der Waals surface area contributed by atoms with Crippen LogP contribution in [0.25, 0.3) is 6.08 Å². The maximum Gasteiger partial charge on any atom is 0.264 e. The van der Waals surface area contributed by atoms with E-state index >= 15 is 0 Å². The van der Waals surface area contributed by atoms with Crippen molar-refractivity contribution in [3.63, 3.8) is 0 Å². The number of aryl methyl sites for hydroxylation is 2. The molecule has 0 N–H and O–H groups in total. The van der Waals surface area contributed by atoms with Crippen LogP contribution in [0, 0.1) is 19.8 Å². The number of fused-ring (bicyclic) bond motifs is 2. The Bertz CT molecular complexity index is 1780. The highest BCUT2D eigenvalue weighted by molar-refractivity contribution is 6.31. The van der Waals surface area contributed by atoms with Crippen molar-refractivity contribution < 1.29 is 14.4 Å². The van der Waals surface area contributed by atoms with E-state index in [1.54, 1.807) is 0 Å². The van der Waals surface area contributed by atoms with Crippen molar-refractivity contribution in [3.05, 3.63) is 105 Å². The van der Waals surface area contributed by atoms with Crippen LogP contribution < -0.4 is 4.90 Å². The molecule has 228 valence electrons. The number of rotatable bonds is 5. The van der Waals surface area contributed by atoms with Gasteiger partial charge in [0, 0.05) is 16.0 Å². The molecule has 3 aromatic carbocycles. The summed E-state index contributed by atoms with van der Waals surface area (Å²) in [6, 6.07) is 18.4.